The van der Waals surface area contributed by atoms with Gasteiger partial charge in [0, 0.05) is 25.7 Å². The third kappa shape index (κ3) is 20.2. The van der Waals surface area contributed by atoms with Crippen LogP contribution in [0.3, 0.4) is 0 Å². The molecule has 0 aliphatic carbocycles. The molecule has 0 spiro atoms. The Hall–Kier alpha value is -8.22. The lowest BCUT2D eigenvalue weighted by molar-refractivity contribution is -0.145. The monoisotopic (exact) mass is 1100 g/mol. The van der Waals surface area contributed by atoms with E-state index in [4.69, 9.17) is 47.4 Å². The Bertz CT molecular complexity index is 2660. The molecule has 0 radical (unpaired) electrons. The fourth-order valence-corrected chi connectivity index (χ4v) is 8.28. The molecule has 18 heteroatoms. The number of esters is 2. The average Bonchev–Trinajstić information content (AvgIpc) is 3.48. The molecule has 4 aromatic rings. The van der Waals surface area contributed by atoms with Crippen LogP contribution in [0.4, 0.5) is 0 Å². The van der Waals surface area contributed by atoms with Gasteiger partial charge in [-0.15, -0.1) is 0 Å². The molecule has 2 aliphatic rings. The summed E-state index contributed by atoms with van der Waals surface area (Å²) < 4.78 is 54.3. The van der Waals surface area contributed by atoms with Crippen molar-refractivity contribution < 1.29 is 86.3 Å². The van der Waals surface area contributed by atoms with E-state index in [0.717, 1.165) is 38.5 Å². The van der Waals surface area contributed by atoms with Gasteiger partial charge in [-0.2, -0.15) is 0 Å². The standard InChI is InChI=1S/C36H44O10.C26H28O8/c1-4-42-34(39)20-15-27(28(37)16-11-25-13-18-30(32(23-25)40-2)45-35-9-5-7-21-43-35)29(38)17-12-26-14-19-31(33(24-26)41-3)46-36-10-6-8-22-44-36;1-4-34-26(31)14-9-19(20(27)10-5-17-7-12-22(29)24(15-17)32-2)21(28)11-6-18-8-13-23(30)25(16-18)33-3/h11-14,16-19,23-24,27,35-36H,4-10,15,20-22H2,1-3H3;5-8,10-13,15-16,19,29-30H,4,9,14H2,1-3H3/b16-11+,17-12+;10-5+,11-6+. The minimum absolute atomic E-state index is 0.0109. The van der Waals surface area contributed by atoms with Gasteiger partial charge in [0.25, 0.3) is 0 Å². The topological polar surface area (TPSA) is 235 Å². The van der Waals surface area contributed by atoms with Gasteiger partial charge in [0.2, 0.25) is 0 Å². The highest BCUT2D eigenvalue weighted by molar-refractivity contribution is 6.14. The smallest absolute Gasteiger partial charge is 0.305 e. The van der Waals surface area contributed by atoms with Crippen LogP contribution in [0.2, 0.25) is 0 Å². The Morgan fingerprint density at radius 2 is 0.800 bits per heavy atom. The van der Waals surface area contributed by atoms with Gasteiger partial charge in [0.1, 0.15) is 0 Å². The van der Waals surface area contributed by atoms with Crippen molar-refractivity contribution in [3.05, 3.63) is 119 Å². The highest BCUT2D eigenvalue weighted by Crippen LogP contribution is 2.34. The number of carbonyl (C=O) groups excluding carboxylic acids is 6. The van der Waals surface area contributed by atoms with Gasteiger partial charge < -0.3 is 57.6 Å². The van der Waals surface area contributed by atoms with E-state index in [-0.39, 0.29) is 74.5 Å². The molecule has 428 valence electrons. The molecular weight excluding hydrogens is 1030 g/mol. The molecule has 2 N–H and O–H groups in total. The Labute approximate surface area is 466 Å². The minimum atomic E-state index is -1.09. The van der Waals surface area contributed by atoms with Crippen molar-refractivity contribution in [3.8, 4) is 46.0 Å². The molecule has 80 heavy (non-hydrogen) atoms. The average molecular weight is 1110 g/mol. The first-order chi connectivity index (χ1) is 38.7. The first kappa shape index (κ1) is 62.6. The van der Waals surface area contributed by atoms with E-state index < -0.39 is 46.9 Å². The summed E-state index contributed by atoms with van der Waals surface area (Å²) in [6.07, 6.45) is 16.4. The zero-order chi connectivity index (χ0) is 57.8. The molecule has 0 aromatic heterocycles. The van der Waals surface area contributed by atoms with Crippen molar-refractivity contribution in [2.75, 3.05) is 54.9 Å². The molecule has 2 atom stereocenters. The van der Waals surface area contributed by atoms with Gasteiger partial charge in [-0.3, -0.25) is 28.8 Å². The lowest BCUT2D eigenvalue weighted by atomic mass is 9.92. The molecule has 0 bridgehead atoms. The summed E-state index contributed by atoms with van der Waals surface area (Å²) in [6.45, 7) is 5.12. The Morgan fingerprint density at radius 1 is 0.475 bits per heavy atom. The molecule has 2 saturated heterocycles. The number of rotatable bonds is 28. The normalized spacial score (nSPS) is 15.7. The predicted octanol–water partition coefficient (Wildman–Crippen LogP) is 10.3. The molecule has 2 aliphatic heterocycles. The third-order valence-electron chi connectivity index (χ3n) is 12.6. The maximum absolute atomic E-state index is 13.3. The van der Waals surface area contributed by atoms with E-state index >= 15 is 0 Å². The van der Waals surface area contributed by atoms with E-state index in [1.54, 1.807) is 101 Å². The summed E-state index contributed by atoms with van der Waals surface area (Å²) >= 11 is 0. The zero-order valence-electron chi connectivity index (χ0n) is 46.2. The number of ether oxygens (including phenoxy) is 10. The molecule has 18 nitrogen and oxygen atoms in total. The van der Waals surface area contributed by atoms with Crippen LogP contribution < -0.4 is 28.4 Å². The number of allylic oxidation sites excluding steroid dienone is 4. The number of hydrogen-bond acceptors (Lipinski definition) is 18. The molecule has 2 heterocycles. The number of carbonyl (C=O) groups is 6. The zero-order valence-corrected chi connectivity index (χ0v) is 46.2. The van der Waals surface area contributed by atoms with Crippen LogP contribution in [0.15, 0.2) is 97.1 Å². The van der Waals surface area contributed by atoms with E-state index in [1.165, 1.54) is 62.8 Å². The number of hydrogen-bond donors (Lipinski definition) is 2. The highest BCUT2D eigenvalue weighted by atomic mass is 16.7. The summed E-state index contributed by atoms with van der Waals surface area (Å²) in [5.41, 5.74) is 2.54. The van der Waals surface area contributed by atoms with Crippen LogP contribution in [-0.4, -0.2) is 113 Å². The lowest BCUT2D eigenvalue weighted by Crippen LogP contribution is -2.25. The van der Waals surface area contributed by atoms with Crippen molar-refractivity contribution in [3.63, 3.8) is 0 Å². The van der Waals surface area contributed by atoms with Gasteiger partial charge >= 0.3 is 11.9 Å². The minimum Gasteiger partial charge on any atom is -0.504 e. The number of ketones is 4. The van der Waals surface area contributed by atoms with Crippen LogP contribution in [-0.2, 0) is 47.7 Å². The van der Waals surface area contributed by atoms with E-state index in [0.29, 0.717) is 58.5 Å². The van der Waals surface area contributed by atoms with Gasteiger partial charge in [-0.25, -0.2) is 0 Å². The van der Waals surface area contributed by atoms with Crippen molar-refractivity contribution in [2.45, 2.75) is 90.6 Å². The van der Waals surface area contributed by atoms with Gasteiger partial charge in [0.05, 0.1) is 66.7 Å². The fourth-order valence-electron chi connectivity index (χ4n) is 8.28. The van der Waals surface area contributed by atoms with Crippen LogP contribution in [0.25, 0.3) is 24.3 Å². The van der Waals surface area contributed by atoms with Crippen LogP contribution in [0.5, 0.6) is 46.0 Å². The summed E-state index contributed by atoms with van der Waals surface area (Å²) in [5.74, 6) is -2.42. The summed E-state index contributed by atoms with van der Waals surface area (Å²) in [5, 5.41) is 19.4. The summed E-state index contributed by atoms with van der Waals surface area (Å²) in [4.78, 5) is 76.3. The van der Waals surface area contributed by atoms with Gasteiger partial charge in [-0.1, -0.05) is 48.6 Å². The maximum atomic E-state index is 13.3. The molecule has 0 saturated carbocycles. The summed E-state index contributed by atoms with van der Waals surface area (Å²) in [6, 6.07) is 19.8. The first-order valence-electron chi connectivity index (χ1n) is 26.5. The number of phenols is 2. The van der Waals surface area contributed by atoms with E-state index in [9.17, 15) is 39.0 Å². The van der Waals surface area contributed by atoms with Gasteiger partial charge in [-0.05, 0) is 147 Å². The molecule has 2 fully saturated rings. The Kier molecular flexibility index (Phi) is 26.0. The SMILES string of the molecule is CCOC(=O)CCC(C(=O)/C=C/c1ccc(O)c(OC)c1)C(=O)/C=C/c1ccc(O)c(OC)c1.CCOC(=O)CCC(C(=O)/C=C/c1ccc(OC2CCCCO2)c(OC)c1)C(=O)/C=C/c1ccc(OC2CCCCO2)c(OC)c1. The number of aromatic hydroxyl groups is 2. The van der Waals surface area contributed by atoms with E-state index in [2.05, 4.69) is 0 Å². The fraction of sp³-hybridized carbons (Fsp3) is 0.387. The Morgan fingerprint density at radius 3 is 1.10 bits per heavy atom. The number of benzene rings is 4. The van der Waals surface area contributed by atoms with Crippen LogP contribution >= 0.6 is 0 Å². The first-order valence-corrected chi connectivity index (χ1v) is 26.5. The second kappa shape index (κ2) is 33.3. The van der Waals surface area contributed by atoms with Crippen molar-refractivity contribution >= 4 is 59.4 Å². The molecule has 6 rings (SSSR count). The molecule has 2 unspecified atom stereocenters. The third-order valence-corrected chi connectivity index (χ3v) is 12.6. The largest absolute Gasteiger partial charge is 0.504 e. The molecular formula is C62H72O18. The molecule has 4 aromatic carbocycles. The highest BCUT2D eigenvalue weighted by Gasteiger charge is 2.26. The van der Waals surface area contributed by atoms with Gasteiger partial charge in [0.15, 0.2) is 81.7 Å². The van der Waals surface area contributed by atoms with Crippen LogP contribution in [0.1, 0.15) is 100 Å². The molecule has 0 amide bonds. The summed E-state index contributed by atoms with van der Waals surface area (Å²) in [7, 11) is 5.91. The van der Waals surface area contributed by atoms with Crippen molar-refractivity contribution in [1.82, 2.24) is 0 Å². The van der Waals surface area contributed by atoms with Crippen LogP contribution in [0, 0.1) is 11.8 Å². The quantitative estimate of drug-likeness (QED) is 0.0306. The van der Waals surface area contributed by atoms with Crippen molar-refractivity contribution in [2.24, 2.45) is 11.8 Å². The Balaban J connectivity index is 0.000000308. The van der Waals surface area contributed by atoms with E-state index in [1.807, 2.05) is 0 Å². The second-order valence-corrected chi connectivity index (χ2v) is 18.2. The number of phenolic OH excluding ortho intramolecular Hbond substituents is 2. The number of methoxy groups -OCH3 is 4. The maximum Gasteiger partial charge on any atom is 0.305 e. The lowest BCUT2D eigenvalue weighted by Gasteiger charge is -2.24. The predicted molar refractivity (Wildman–Crippen MR) is 299 cm³/mol. The van der Waals surface area contributed by atoms with Crippen molar-refractivity contribution in [1.29, 1.82) is 0 Å². The second-order valence-electron chi connectivity index (χ2n) is 18.2.